The van der Waals surface area contributed by atoms with E-state index in [4.69, 9.17) is 5.41 Å². The van der Waals surface area contributed by atoms with E-state index in [2.05, 4.69) is 5.32 Å². The minimum absolute atomic E-state index is 0.0527. The van der Waals surface area contributed by atoms with Crippen LogP contribution in [0.25, 0.3) is 0 Å². The van der Waals surface area contributed by atoms with Gasteiger partial charge in [-0.2, -0.15) is 13.2 Å². The molecule has 124 valence electrons. The van der Waals surface area contributed by atoms with Gasteiger partial charge in [-0.05, 0) is 34.0 Å². The fourth-order valence-electron chi connectivity index (χ4n) is 1.22. The molecule has 1 rings (SSSR count). The zero-order valence-electron chi connectivity index (χ0n) is 14.4. The lowest BCUT2D eigenvalue weighted by Crippen LogP contribution is -2.11. The van der Waals surface area contributed by atoms with E-state index >= 15 is 0 Å². The Hall–Kier alpha value is -1.36. The first-order valence-electron chi connectivity index (χ1n) is 7.05. The Morgan fingerprint density at radius 1 is 1.05 bits per heavy atom. The SMILES string of the molecule is CC.CC.CC(=N)c1ccc(C)cc1C(F)(F)F.CNC. The molecule has 2 nitrogen and oxygen atoms in total. The zero-order valence-corrected chi connectivity index (χ0v) is 14.4. The van der Waals surface area contributed by atoms with Gasteiger partial charge in [-0.3, -0.25) is 0 Å². The molecule has 0 aliphatic carbocycles. The van der Waals surface area contributed by atoms with Crippen LogP contribution < -0.4 is 5.32 Å². The molecule has 2 N–H and O–H groups in total. The molecule has 0 atom stereocenters. The highest BCUT2D eigenvalue weighted by Crippen LogP contribution is 2.32. The van der Waals surface area contributed by atoms with Gasteiger partial charge in [0.15, 0.2) is 0 Å². The van der Waals surface area contributed by atoms with Crippen molar-refractivity contribution in [3.05, 3.63) is 34.9 Å². The maximum atomic E-state index is 12.5. The highest BCUT2D eigenvalue weighted by Gasteiger charge is 2.33. The third kappa shape index (κ3) is 11.0. The molecular formula is C16H29F3N2. The second kappa shape index (κ2) is 13.6. The highest BCUT2D eigenvalue weighted by molar-refractivity contribution is 5.97. The van der Waals surface area contributed by atoms with Crippen molar-refractivity contribution in [2.75, 3.05) is 14.1 Å². The molecule has 0 aromatic heterocycles. The fourth-order valence-corrected chi connectivity index (χ4v) is 1.22. The lowest BCUT2D eigenvalue weighted by molar-refractivity contribution is -0.137. The number of halogens is 3. The number of aryl methyl sites for hydroxylation is 1. The van der Waals surface area contributed by atoms with Crippen molar-refractivity contribution in [3.63, 3.8) is 0 Å². The average molecular weight is 306 g/mol. The van der Waals surface area contributed by atoms with E-state index in [1.54, 1.807) is 13.0 Å². The van der Waals surface area contributed by atoms with Crippen molar-refractivity contribution in [1.29, 1.82) is 5.41 Å². The lowest BCUT2D eigenvalue weighted by Gasteiger charge is -2.12. The summed E-state index contributed by atoms with van der Waals surface area (Å²) in [5.41, 5.74) is -0.312. The van der Waals surface area contributed by atoms with Crippen molar-refractivity contribution in [3.8, 4) is 0 Å². The van der Waals surface area contributed by atoms with Gasteiger partial charge in [0.1, 0.15) is 0 Å². The van der Waals surface area contributed by atoms with Crippen LogP contribution in [-0.2, 0) is 6.18 Å². The molecule has 0 aliphatic rings. The first kappa shape index (κ1) is 24.6. The summed E-state index contributed by atoms with van der Waals surface area (Å²) in [5, 5.41) is 9.98. The number of hydrogen-bond acceptors (Lipinski definition) is 2. The van der Waals surface area contributed by atoms with E-state index in [1.807, 2.05) is 41.8 Å². The van der Waals surface area contributed by atoms with Gasteiger partial charge in [-0.25, -0.2) is 0 Å². The van der Waals surface area contributed by atoms with Crippen molar-refractivity contribution < 1.29 is 13.2 Å². The van der Waals surface area contributed by atoms with Crippen LogP contribution in [0.1, 0.15) is 51.3 Å². The van der Waals surface area contributed by atoms with Gasteiger partial charge < -0.3 is 10.7 Å². The number of alkyl halides is 3. The molecular weight excluding hydrogens is 277 g/mol. The Kier molecular flexibility index (Phi) is 16.0. The number of hydrogen-bond donors (Lipinski definition) is 2. The van der Waals surface area contributed by atoms with Gasteiger partial charge >= 0.3 is 6.18 Å². The Bertz CT molecular complexity index is 386. The van der Waals surface area contributed by atoms with Crippen LogP contribution >= 0.6 is 0 Å². The molecule has 1 aromatic carbocycles. The molecule has 0 unspecified atom stereocenters. The Morgan fingerprint density at radius 3 is 1.71 bits per heavy atom. The number of nitrogens with one attached hydrogen (secondary N) is 2. The summed E-state index contributed by atoms with van der Waals surface area (Å²) in [6, 6.07) is 3.97. The molecule has 1 aromatic rings. The first-order valence-corrected chi connectivity index (χ1v) is 7.05. The summed E-state index contributed by atoms with van der Waals surface area (Å²) < 4.78 is 37.5. The molecule has 5 heteroatoms. The molecule has 0 aliphatic heterocycles. The second-order valence-electron chi connectivity index (χ2n) is 3.67. The van der Waals surface area contributed by atoms with Crippen LogP contribution in [0.4, 0.5) is 13.2 Å². The molecule has 0 amide bonds. The molecule has 0 heterocycles. The standard InChI is InChI=1S/C10H10F3N.C2H7N.2C2H6/c1-6-3-4-8(7(2)14)9(5-6)10(11,12)13;1-3-2;2*1-2/h3-5,14H,1-2H3;3H,1-2H3;2*1-2H3. The predicted molar refractivity (Wildman–Crippen MR) is 86.4 cm³/mol. The lowest BCUT2D eigenvalue weighted by atomic mass is 10.0. The monoisotopic (exact) mass is 306 g/mol. The van der Waals surface area contributed by atoms with Gasteiger partial charge in [-0.15, -0.1) is 0 Å². The Morgan fingerprint density at radius 2 is 1.43 bits per heavy atom. The van der Waals surface area contributed by atoms with Crippen molar-refractivity contribution in [2.24, 2.45) is 0 Å². The van der Waals surface area contributed by atoms with Crippen molar-refractivity contribution in [1.82, 2.24) is 5.32 Å². The van der Waals surface area contributed by atoms with Crippen LogP contribution in [0.15, 0.2) is 18.2 Å². The maximum Gasteiger partial charge on any atom is 0.417 e. The van der Waals surface area contributed by atoms with Gasteiger partial charge in [0.05, 0.1) is 5.56 Å². The van der Waals surface area contributed by atoms with Crippen LogP contribution in [0.2, 0.25) is 0 Å². The molecule has 0 radical (unpaired) electrons. The maximum absolute atomic E-state index is 12.5. The molecule has 0 spiro atoms. The summed E-state index contributed by atoms with van der Waals surface area (Å²) in [5.74, 6) is 0. The van der Waals surface area contributed by atoms with E-state index < -0.39 is 11.7 Å². The minimum atomic E-state index is -4.39. The van der Waals surface area contributed by atoms with E-state index in [9.17, 15) is 13.2 Å². The molecule has 21 heavy (non-hydrogen) atoms. The van der Waals surface area contributed by atoms with E-state index in [-0.39, 0.29) is 11.3 Å². The average Bonchev–Trinajstić information content (AvgIpc) is 2.43. The molecule has 0 saturated heterocycles. The zero-order chi connectivity index (χ0) is 17.6. The molecule has 0 bridgehead atoms. The molecule has 0 saturated carbocycles. The third-order valence-electron chi connectivity index (χ3n) is 1.88. The smallest absolute Gasteiger partial charge is 0.323 e. The second-order valence-corrected chi connectivity index (χ2v) is 3.67. The first-order chi connectivity index (χ1) is 9.73. The summed E-state index contributed by atoms with van der Waals surface area (Å²) >= 11 is 0. The molecule has 0 fully saturated rings. The predicted octanol–water partition coefficient (Wildman–Crippen LogP) is 5.29. The topological polar surface area (TPSA) is 35.9 Å². The van der Waals surface area contributed by atoms with Crippen LogP contribution in [0.5, 0.6) is 0 Å². The van der Waals surface area contributed by atoms with Gasteiger partial charge in [0.25, 0.3) is 0 Å². The van der Waals surface area contributed by atoms with Gasteiger partial charge in [-0.1, -0.05) is 45.4 Å². The van der Waals surface area contributed by atoms with Crippen molar-refractivity contribution >= 4 is 5.71 Å². The number of rotatable bonds is 1. The van der Waals surface area contributed by atoms with Gasteiger partial charge in [0, 0.05) is 11.3 Å². The van der Waals surface area contributed by atoms with Crippen LogP contribution in [-0.4, -0.2) is 19.8 Å². The fraction of sp³-hybridized carbons (Fsp3) is 0.562. The normalized spacial score (nSPS) is 9.10. The van der Waals surface area contributed by atoms with E-state index in [0.29, 0.717) is 5.56 Å². The summed E-state index contributed by atoms with van der Waals surface area (Å²) in [6.45, 7) is 10.9. The van der Waals surface area contributed by atoms with Crippen LogP contribution in [0.3, 0.4) is 0 Å². The number of benzene rings is 1. The largest absolute Gasteiger partial charge is 0.417 e. The van der Waals surface area contributed by atoms with Gasteiger partial charge in [0.2, 0.25) is 0 Å². The van der Waals surface area contributed by atoms with E-state index in [0.717, 1.165) is 6.07 Å². The third-order valence-corrected chi connectivity index (χ3v) is 1.88. The van der Waals surface area contributed by atoms with E-state index in [1.165, 1.54) is 13.0 Å². The van der Waals surface area contributed by atoms with Crippen molar-refractivity contribution in [2.45, 2.75) is 47.7 Å². The summed E-state index contributed by atoms with van der Waals surface area (Å²) in [4.78, 5) is 0. The Balaban J connectivity index is -0.000000399. The summed E-state index contributed by atoms with van der Waals surface area (Å²) in [6.07, 6.45) is -4.39. The highest BCUT2D eigenvalue weighted by atomic mass is 19.4. The Labute approximate surface area is 127 Å². The quantitative estimate of drug-likeness (QED) is 0.679. The minimum Gasteiger partial charge on any atom is -0.323 e. The van der Waals surface area contributed by atoms with Crippen LogP contribution in [0, 0.1) is 12.3 Å². The summed E-state index contributed by atoms with van der Waals surface area (Å²) in [7, 11) is 3.75.